The summed E-state index contributed by atoms with van der Waals surface area (Å²) in [6, 6.07) is 0.246. The molecule has 0 aromatic carbocycles. The molecule has 2 rings (SSSR count). The van der Waals surface area contributed by atoms with Gasteiger partial charge in [0.15, 0.2) is 0 Å². The second-order valence-electron chi connectivity index (χ2n) is 10.7. The monoisotopic (exact) mass is 765 g/mol. The zero-order valence-corrected chi connectivity index (χ0v) is 29.9. The summed E-state index contributed by atoms with van der Waals surface area (Å²) in [4.78, 5) is 35.8. The molecule has 1 aromatic rings. The Morgan fingerprint density at radius 3 is 1.98 bits per heavy atom. The Morgan fingerprint density at radius 2 is 1.45 bits per heavy atom. The Morgan fingerprint density at radius 1 is 0.898 bits per heavy atom. The summed E-state index contributed by atoms with van der Waals surface area (Å²) in [6.07, 6.45) is 2.84. The van der Waals surface area contributed by atoms with Gasteiger partial charge in [0, 0.05) is 38.9 Å². The number of ether oxygens (including phenoxy) is 3. The highest BCUT2D eigenvalue weighted by atomic mass is 32.3. The van der Waals surface area contributed by atoms with Crippen LogP contribution in [0.15, 0.2) is 14.5 Å². The first-order valence-corrected chi connectivity index (χ1v) is 19.4. The lowest BCUT2D eigenvalue weighted by molar-refractivity contribution is -0.492. The summed E-state index contributed by atoms with van der Waals surface area (Å²) < 4.78 is 71.4. The molecule has 0 spiro atoms. The molecule has 0 radical (unpaired) electrons. The third-order valence-corrected chi connectivity index (χ3v) is 12.5. The zero-order chi connectivity index (χ0) is 36.5. The number of hydrogen-bond donors (Lipinski definition) is 5. The maximum absolute atomic E-state index is 13.6. The number of carbonyl (C=O) groups is 2. The topological polar surface area (TPSA) is 254 Å². The van der Waals surface area contributed by atoms with E-state index in [4.69, 9.17) is 35.0 Å². The van der Waals surface area contributed by atoms with Crippen molar-refractivity contribution in [2.75, 3.05) is 59.8 Å². The quantitative estimate of drug-likeness (QED) is 0.0749. The van der Waals surface area contributed by atoms with Gasteiger partial charge in [-0.2, -0.15) is 4.31 Å². The fourth-order valence-corrected chi connectivity index (χ4v) is 9.54. The van der Waals surface area contributed by atoms with E-state index in [-0.39, 0.29) is 73.2 Å². The van der Waals surface area contributed by atoms with E-state index in [1.54, 1.807) is 11.6 Å². The first kappa shape index (κ1) is 42.9. The van der Waals surface area contributed by atoms with Crippen molar-refractivity contribution in [3.05, 3.63) is 11.6 Å². The number of sulfonamides is 2. The van der Waals surface area contributed by atoms with Crippen molar-refractivity contribution >= 4 is 43.6 Å². The van der Waals surface area contributed by atoms with Crippen LogP contribution in [0.5, 0.6) is 0 Å². The molecule has 5 N–H and O–H groups in total. The molecule has 1 aliphatic rings. The summed E-state index contributed by atoms with van der Waals surface area (Å²) in [5, 5.41) is 33.3. The summed E-state index contributed by atoms with van der Waals surface area (Å²) in [6.45, 7) is 2.06. The molecule has 0 saturated carbocycles. The molecule has 2 amide bonds. The van der Waals surface area contributed by atoms with Crippen molar-refractivity contribution in [3.63, 3.8) is 0 Å². The van der Waals surface area contributed by atoms with Crippen molar-refractivity contribution in [1.29, 1.82) is 0 Å². The van der Waals surface area contributed by atoms with Crippen molar-refractivity contribution in [2.45, 2.75) is 79.2 Å². The van der Waals surface area contributed by atoms with Crippen molar-refractivity contribution in [2.24, 2.45) is 0 Å². The van der Waals surface area contributed by atoms with Gasteiger partial charge in [0.25, 0.3) is 20.0 Å². The number of nitrogens with one attached hydrogen (secondary N) is 1. The average molecular weight is 766 g/mol. The minimum atomic E-state index is -4.56. The van der Waals surface area contributed by atoms with E-state index in [2.05, 4.69) is 9.68 Å². The lowest BCUT2D eigenvalue weighted by Crippen LogP contribution is -2.47. The van der Waals surface area contributed by atoms with Gasteiger partial charge in [-0.1, -0.05) is 12.8 Å². The smallest absolute Gasteiger partial charge is 0.421 e. The highest BCUT2D eigenvalue weighted by Gasteiger charge is 2.43. The molecule has 284 valence electrons. The molecule has 0 unspecified atom stereocenters. The highest BCUT2D eigenvalue weighted by Crippen LogP contribution is 2.42. The van der Waals surface area contributed by atoms with Gasteiger partial charge in [0.2, 0.25) is 0 Å². The lowest BCUT2D eigenvalue weighted by Gasteiger charge is -2.37. The van der Waals surface area contributed by atoms with Crippen LogP contribution >= 0.6 is 11.3 Å². The number of fused-ring (bicyclic) bond motifs is 1. The summed E-state index contributed by atoms with van der Waals surface area (Å²) in [5.74, 6) is 0. The van der Waals surface area contributed by atoms with Gasteiger partial charge < -0.3 is 19.1 Å². The molecule has 1 aromatic heterocycles. The highest BCUT2D eigenvalue weighted by molar-refractivity contribution is 7.94. The number of unbranched alkanes of at least 4 members (excludes halogenated alkanes) is 6. The van der Waals surface area contributed by atoms with Gasteiger partial charge in [0.05, 0.1) is 43.2 Å². The number of amides is 2. The third-order valence-electron chi connectivity index (χ3n) is 7.15. The van der Waals surface area contributed by atoms with Crippen LogP contribution < -0.4 is 4.72 Å². The van der Waals surface area contributed by atoms with Gasteiger partial charge in [-0.05, 0) is 57.9 Å². The molecule has 0 fully saturated rings. The van der Waals surface area contributed by atoms with Crippen LogP contribution in [0.3, 0.4) is 0 Å². The second-order valence-corrected chi connectivity index (χ2v) is 15.8. The van der Waals surface area contributed by atoms with Crippen molar-refractivity contribution in [1.82, 2.24) is 24.7 Å². The van der Waals surface area contributed by atoms with E-state index in [1.807, 2.05) is 0 Å². The van der Waals surface area contributed by atoms with Crippen LogP contribution in [0.1, 0.15) is 76.3 Å². The summed E-state index contributed by atoms with van der Waals surface area (Å²) >= 11 is 0.458. The maximum Gasteiger partial charge on any atom is 0.421 e. The Hall–Kier alpha value is -2.26. The number of nitrogens with zero attached hydrogens (tertiary/aromatic N) is 4. The predicted octanol–water partition coefficient (Wildman–Crippen LogP) is 2.85. The maximum atomic E-state index is 13.6. The Bertz CT molecular complexity index is 1360. The molecular weight excluding hydrogens is 719 g/mol. The number of methoxy groups -OCH3 is 1. The lowest BCUT2D eigenvalue weighted by atomic mass is 10.1. The van der Waals surface area contributed by atoms with Crippen LogP contribution in [0.2, 0.25) is 0 Å². The van der Waals surface area contributed by atoms with Crippen LogP contribution in [-0.4, -0.2) is 130 Å². The number of thiophene rings is 1. The van der Waals surface area contributed by atoms with Crippen molar-refractivity contribution < 1.29 is 71.1 Å². The van der Waals surface area contributed by atoms with Gasteiger partial charge in [-0.15, -0.1) is 11.3 Å². The Kier molecular flexibility index (Phi) is 19.1. The molecule has 0 bridgehead atoms. The SMILES string of the molecule is CCN(C(=O)OCCCCCCON(O)O)[C@H]1CN(CCCOC)S(=O)(=O)c2sc(S(=O)(=O)NC(=O)OCCCCCCON(O)O)cc21. The Balaban J connectivity index is 2.13. The molecular formula is C26H47N5O15S3. The van der Waals surface area contributed by atoms with Crippen LogP contribution in [0.25, 0.3) is 0 Å². The second kappa shape index (κ2) is 21.8. The minimum Gasteiger partial charge on any atom is -0.449 e. The van der Waals surface area contributed by atoms with Gasteiger partial charge in [0.1, 0.15) is 8.42 Å². The molecule has 20 nitrogen and oxygen atoms in total. The first-order chi connectivity index (χ1) is 23.2. The summed E-state index contributed by atoms with van der Waals surface area (Å²) in [5.41, 5.74) is 0.0804. The largest absolute Gasteiger partial charge is 0.449 e. The van der Waals surface area contributed by atoms with Crippen LogP contribution in [0, 0.1) is 0 Å². The average Bonchev–Trinajstić information content (AvgIpc) is 3.50. The number of carbonyl (C=O) groups excluding carboxylic acids is 2. The molecule has 1 aliphatic heterocycles. The predicted molar refractivity (Wildman–Crippen MR) is 167 cm³/mol. The van der Waals surface area contributed by atoms with Gasteiger partial charge >= 0.3 is 12.2 Å². The molecule has 23 heteroatoms. The fourth-order valence-electron chi connectivity index (χ4n) is 4.78. The standard InChI is InChI=1S/C26H47N5O15S3/c1-3-29(26(33)44-16-9-5-7-11-18-46-31(36)37)22-20-28(13-12-14-42-2)49(40,41)24-21(22)19-23(47-24)48(38,39)27-25(32)43-15-8-4-6-10-17-45-30(34)35/h19,22,34-37H,3-18,20H2,1-2H3,(H,27,32)/t22-/m0/s1. The van der Waals surface area contributed by atoms with E-state index < -0.39 is 42.5 Å². The van der Waals surface area contributed by atoms with E-state index >= 15 is 0 Å². The van der Waals surface area contributed by atoms with Gasteiger partial charge in [-0.3, -0.25) is 30.5 Å². The van der Waals surface area contributed by atoms with Gasteiger partial charge in [-0.25, -0.2) is 31.1 Å². The van der Waals surface area contributed by atoms with E-state index in [0.29, 0.717) is 69.1 Å². The first-order valence-electron chi connectivity index (χ1n) is 15.6. The third kappa shape index (κ3) is 14.5. The number of rotatable bonds is 24. The van der Waals surface area contributed by atoms with E-state index in [1.165, 1.54) is 16.3 Å². The number of hydrogen-bond acceptors (Lipinski definition) is 18. The molecule has 49 heavy (non-hydrogen) atoms. The zero-order valence-electron chi connectivity index (χ0n) is 27.5. The van der Waals surface area contributed by atoms with Crippen LogP contribution in [0.4, 0.5) is 9.59 Å². The molecule has 0 aliphatic carbocycles. The molecule has 2 heterocycles. The fraction of sp³-hybridized carbons (Fsp3) is 0.769. The number of likely N-dealkylation sites (N-methyl/N-ethyl adjacent to an activating group) is 1. The van der Waals surface area contributed by atoms with Crippen LogP contribution in [-0.2, 0) is 43.9 Å². The van der Waals surface area contributed by atoms with E-state index in [9.17, 15) is 26.4 Å². The molecule has 1 atom stereocenters. The minimum absolute atomic E-state index is 0.0473. The normalized spacial score (nSPS) is 16.1. The van der Waals surface area contributed by atoms with E-state index in [0.717, 1.165) is 6.07 Å². The summed E-state index contributed by atoms with van der Waals surface area (Å²) in [7, 11) is -7.27. The Labute approximate surface area is 289 Å². The van der Waals surface area contributed by atoms with Crippen molar-refractivity contribution in [3.8, 4) is 0 Å². The molecule has 0 saturated heterocycles.